The van der Waals surface area contributed by atoms with Crippen LogP contribution in [0, 0.1) is 27.9 Å². The van der Waals surface area contributed by atoms with Crippen LogP contribution in [0.5, 0.6) is 0 Å². The SMILES string of the molecule is CC1CCC(C(C)CO[N+](=O)[O-])CC1. The molecule has 1 saturated carbocycles. The number of hydrogen-bond acceptors (Lipinski definition) is 3. The van der Waals surface area contributed by atoms with Crippen LogP contribution in [0.25, 0.3) is 0 Å². The summed E-state index contributed by atoms with van der Waals surface area (Å²) in [5.74, 6) is 1.76. The van der Waals surface area contributed by atoms with Crippen LogP contribution in [0.2, 0.25) is 0 Å². The van der Waals surface area contributed by atoms with Gasteiger partial charge in [0, 0.05) is 0 Å². The van der Waals surface area contributed by atoms with E-state index in [4.69, 9.17) is 0 Å². The van der Waals surface area contributed by atoms with E-state index >= 15 is 0 Å². The highest BCUT2D eigenvalue weighted by molar-refractivity contribution is 4.73. The molecule has 1 unspecified atom stereocenters. The van der Waals surface area contributed by atoms with Crippen LogP contribution < -0.4 is 0 Å². The van der Waals surface area contributed by atoms with Crippen LogP contribution in [0.3, 0.4) is 0 Å². The summed E-state index contributed by atoms with van der Waals surface area (Å²) in [4.78, 5) is 14.4. The summed E-state index contributed by atoms with van der Waals surface area (Å²) in [6.07, 6.45) is 4.91. The fourth-order valence-corrected chi connectivity index (χ4v) is 2.17. The van der Waals surface area contributed by atoms with Crippen LogP contribution in [0.4, 0.5) is 0 Å². The van der Waals surface area contributed by atoms with Crippen LogP contribution in [-0.2, 0) is 4.84 Å². The Labute approximate surface area is 84.7 Å². The van der Waals surface area contributed by atoms with Crippen molar-refractivity contribution in [3.8, 4) is 0 Å². The predicted octanol–water partition coefficient (Wildman–Crippen LogP) is 2.66. The summed E-state index contributed by atoms with van der Waals surface area (Å²) in [5.41, 5.74) is 0. The van der Waals surface area contributed by atoms with Crippen molar-refractivity contribution in [3.05, 3.63) is 10.1 Å². The van der Waals surface area contributed by atoms with Crippen LogP contribution in [-0.4, -0.2) is 11.7 Å². The molecule has 1 aliphatic rings. The van der Waals surface area contributed by atoms with Crippen molar-refractivity contribution < 1.29 is 9.92 Å². The van der Waals surface area contributed by atoms with Gasteiger partial charge < -0.3 is 4.84 Å². The lowest BCUT2D eigenvalue weighted by molar-refractivity contribution is -0.759. The normalized spacial score (nSPS) is 29.6. The van der Waals surface area contributed by atoms with Crippen molar-refractivity contribution in [3.63, 3.8) is 0 Å². The highest BCUT2D eigenvalue weighted by Crippen LogP contribution is 2.33. The van der Waals surface area contributed by atoms with E-state index in [1.165, 1.54) is 25.7 Å². The maximum absolute atomic E-state index is 10.0. The fourth-order valence-electron chi connectivity index (χ4n) is 2.17. The number of rotatable bonds is 4. The largest absolute Gasteiger partial charge is 0.314 e. The zero-order valence-electron chi connectivity index (χ0n) is 8.94. The Morgan fingerprint density at radius 1 is 1.43 bits per heavy atom. The first-order valence-electron chi connectivity index (χ1n) is 5.37. The lowest BCUT2D eigenvalue weighted by Gasteiger charge is -2.30. The van der Waals surface area contributed by atoms with Gasteiger partial charge >= 0.3 is 0 Å². The van der Waals surface area contributed by atoms with Crippen LogP contribution in [0.15, 0.2) is 0 Å². The van der Waals surface area contributed by atoms with Gasteiger partial charge in [0.25, 0.3) is 5.09 Å². The van der Waals surface area contributed by atoms with E-state index < -0.39 is 5.09 Å². The van der Waals surface area contributed by atoms with E-state index in [1.807, 2.05) is 6.92 Å². The first kappa shape index (κ1) is 11.3. The molecule has 0 amide bonds. The monoisotopic (exact) mass is 201 g/mol. The zero-order valence-corrected chi connectivity index (χ0v) is 8.94. The first-order chi connectivity index (χ1) is 6.59. The molecule has 1 aliphatic carbocycles. The number of nitrogens with zero attached hydrogens (tertiary/aromatic N) is 1. The molecule has 0 N–H and O–H groups in total. The quantitative estimate of drug-likeness (QED) is 0.519. The van der Waals surface area contributed by atoms with E-state index in [0.717, 1.165) is 5.92 Å². The van der Waals surface area contributed by atoms with E-state index in [2.05, 4.69) is 11.8 Å². The smallest absolute Gasteiger partial charge is 0.294 e. The lowest BCUT2D eigenvalue weighted by Crippen LogP contribution is -2.23. The minimum Gasteiger partial charge on any atom is -0.314 e. The molecule has 0 radical (unpaired) electrons. The van der Waals surface area contributed by atoms with E-state index in [9.17, 15) is 10.1 Å². The minimum atomic E-state index is -0.693. The molecule has 0 spiro atoms. The molecule has 14 heavy (non-hydrogen) atoms. The van der Waals surface area contributed by atoms with Gasteiger partial charge in [0.15, 0.2) is 0 Å². The molecule has 1 fully saturated rings. The summed E-state index contributed by atoms with van der Waals surface area (Å²) >= 11 is 0. The molecule has 0 aromatic carbocycles. The molecule has 0 saturated heterocycles. The van der Waals surface area contributed by atoms with Crippen molar-refractivity contribution in [2.45, 2.75) is 39.5 Å². The van der Waals surface area contributed by atoms with E-state index in [1.54, 1.807) is 0 Å². The van der Waals surface area contributed by atoms with Crippen molar-refractivity contribution in [2.24, 2.45) is 17.8 Å². The third-order valence-electron chi connectivity index (χ3n) is 3.31. The minimum absolute atomic E-state index is 0.256. The van der Waals surface area contributed by atoms with Crippen LogP contribution in [0.1, 0.15) is 39.5 Å². The van der Waals surface area contributed by atoms with Gasteiger partial charge in [-0.25, -0.2) is 0 Å². The Balaban J connectivity index is 2.23. The Hall–Kier alpha value is -0.800. The maximum Gasteiger partial charge on any atom is 0.294 e. The molecule has 1 rings (SSSR count). The van der Waals surface area contributed by atoms with Crippen molar-refractivity contribution >= 4 is 0 Å². The lowest BCUT2D eigenvalue weighted by atomic mass is 9.77. The molecule has 0 aromatic heterocycles. The highest BCUT2D eigenvalue weighted by Gasteiger charge is 2.23. The van der Waals surface area contributed by atoms with Crippen molar-refractivity contribution in [1.29, 1.82) is 0 Å². The zero-order chi connectivity index (χ0) is 10.6. The predicted molar refractivity (Wildman–Crippen MR) is 53.2 cm³/mol. The molecule has 4 heteroatoms. The first-order valence-corrected chi connectivity index (χ1v) is 5.37. The second-order valence-electron chi connectivity index (χ2n) is 4.52. The van der Waals surface area contributed by atoms with Gasteiger partial charge in [-0.05, 0) is 30.6 Å². The fraction of sp³-hybridized carbons (Fsp3) is 1.00. The Morgan fingerprint density at radius 2 is 2.00 bits per heavy atom. The molecule has 82 valence electrons. The Bertz CT molecular complexity index is 188. The van der Waals surface area contributed by atoms with Gasteiger partial charge in [0.1, 0.15) is 0 Å². The van der Waals surface area contributed by atoms with E-state index in [-0.39, 0.29) is 6.61 Å². The summed E-state index contributed by atoms with van der Waals surface area (Å²) < 4.78 is 0. The third-order valence-corrected chi connectivity index (χ3v) is 3.31. The summed E-state index contributed by atoms with van der Waals surface area (Å²) in [6, 6.07) is 0. The summed E-state index contributed by atoms with van der Waals surface area (Å²) in [5, 5.41) is 9.33. The Morgan fingerprint density at radius 3 is 2.50 bits per heavy atom. The second-order valence-corrected chi connectivity index (χ2v) is 4.52. The maximum atomic E-state index is 10.0. The average Bonchev–Trinajstić information content (AvgIpc) is 2.15. The molecular weight excluding hydrogens is 182 g/mol. The molecule has 0 aliphatic heterocycles. The highest BCUT2D eigenvalue weighted by atomic mass is 16.9. The van der Waals surface area contributed by atoms with Crippen molar-refractivity contribution in [1.82, 2.24) is 0 Å². The van der Waals surface area contributed by atoms with Crippen molar-refractivity contribution in [2.75, 3.05) is 6.61 Å². The van der Waals surface area contributed by atoms with Gasteiger partial charge in [0.05, 0.1) is 6.61 Å². The summed E-state index contributed by atoms with van der Waals surface area (Å²) in [6.45, 7) is 4.57. The van der Waals surface area contributed by atoms with Gasteiger partial charge in [0.2, 0.25) is 0 Å². The number of hydrogen-bond donors (Lipinski definition) is 0. The van der Waals surface area contributed by atoms with Gasteiger partial charge in [-0.3, -0.25) is 0 Å². The van der Waals surface area contributed by atoms with E-state index in [0.29, 0.717) is 11.8 Å². The average molecular weight is 201 g/mol. The topological polar surface area (TPSA) is 52.4 Å². The van der Waals surface area contributed by atoms with Crippen LogP contribution >= 0.6 is 0 Å². The molecule has 0 heterocycles. The standard InChI is InChI=1S/C10H19NO3/c1-8-3-5-10(6-4-8)9(2)7-14-11(12)13/h8-10H,3-7H2,1-2H3. The molecular formula is C10H19NO3. The Kier molecular flexibility index (Phi) is 4.17. The molecule has 0 bridgehead atoms. The summed E-state index contributed by atoms with van der Waals surface area (Å²) in [7, 11) is 0. The third kappa shape index (κ3) is 3.52. The molecule has 1 atom stereocenters. The second kappa shape index (κ2) is 5.17. The van der Waals surface area contributed by atoms with Gasteiger partial charge in [-0.1, -0.05) is 26.7 Å². The molecule has 4 nitrogen and oxygen atoms in total. The van der Waals surface area contributed by atoms with Gasteiger partial charge in [-0.15, -0.1) is 10.1 Å². The van der Waals surface area contributed by atoms with Gasteiger partial charge in [-0.2, -0.15) is 0 Å². The molecule has 0 aromatic rings.